The van der Waals surface area contributed by atoms with Crippen molar-refractivity contribution in [3.63, 3.8) is 0 Å². The van der Waals surface area contributed by atoms with Crippen LogP contribution in [0.5, 0.6) is 5.75 Å². The van der Waals surface area contributed by atoms with Gasteiger partial charge in [-0.1, -0.05) is 12.1 Å². The summed E-state index contributed by atoms with van der Waals surface area (Å²) in [6.45, 7) is 1.84. The fraction of sp³-hybridized carbons (Fsp3) is 0.263. The van der Waals surface area contributed by atoms with Crippen molar-refractivity contribution in [3.05, 3.63) is 59.4 Å². The monoisotopic (exact) mass is 359 g/mol. The molecule has 1 atom stereocenters. The van der Waals surface area contributed by atoms with Gasteiger partial charge in [-0.25, -0.2) is 9.18 Å². The largest absolute Gasteiger partial charge is 0.508 e. The second-order valence-electron chi connectivity index (χ2n) is 5.98. The van der Waals surface area contributed by atoms with Crippen LogP contribution in [0.25, 0.3) is 0 Å². The van der Waals surface area contributed by atoms with Gasteiger partial charge in [0, 0.05) is 18.7 Å². The second kappa shape index (κ2) is 8.84. The quantitative estimate of drug-likeness (QED) is 0.639. The Morgan fingerprint density at radius 3 is 2.50 bits per heavy atom. The van der Waals surface area contributed by atoms with Gasteiger partial charge in [-0.3, -0.25) is 4.79 Å². The Hall–Kier alpha value is -3.09. The van der Waals surface area contributed by atoms with Gasteiger partial charge in [0.15, 0.2) is 0 Å². The molecule has 0 saturated heterocycles. The van der Waals surface area contributed by atoms with Gasteiger partial charge in [-0.05, 0) is 55.7 Å². The highest BCUT2D eigenvalue weighted by atomic mass is 19.1. The van der Waals surface area contributed by atoms with E-state index in [1.807, 2.05) is 19.1 Å². The SMILES string of the molecule is CNC(=O)c1ccc(F)c(NC(=O)NC(C)CCc2ccc(O)cc2)c1. The zero-order valence-corrected chi connectivity index (χ0v) is 14.7. The second-order valence-corrected chi connectivity index (χ2v) is 5.98. The summed E-state index contributed by atoms with van der Waals surface area (Å²) in [6, 6.07) is 9.94. The van der Waals surface area contributed by atoms with E-state index in [0.717, 1.165) is 18.1 Å². The van der Waals surface area contributed by atoms with Crippen LogP contribution < -0.4 is 16.0 Å². The van der Waals surface area contributed by atoms with Gasteiger partial charge in [0.25, 0.3) is 5.91 Å². The first kappa shape index (κ1) is 19.2. The van der Waals surface area contributed by atoms with Crippen LogP contribution in [0.15, 0.2) is 42.5 Å². The third-order valence-electron chi connectivity index (χ3n) is 3.88. The van der Waals surface area contributed by atoms with Crippen LogP contribution in [0.2, 0.25) is 0 Å². The van der Waals surface area contributed by atoms with E-state index in [2.05, 4.69) is 16.0 Å². The molecule has 0 aliphatic carbocycles. The van der Waals surface area contributed by atoms with Crippen molar-refractivity contribution in [1.29, 1.82) is 0 Å². The molecule has 6 nitrogen and oxygen atoms in total. The predicted molar refractivity (Wildman–Crippen MR) is 97.8 cm³/mol. The number of halogens is 1. The Bertz CT molecular complexity index is 778. The minimum atomic E-state index is -0.621. The Labute approximate surface area is 151 Å². The maximum absolute atomic E-state index is 13.8. The number of phenolic OH excluding ortho intramolecular Hbond substituents is 1. The fourth-order valence-electron chi connectivity index (χ4n) is 2.41. The molecule has 0 aliphatic heterocycles. The van der Waals surface area contributed by atoms with Crippen LogP contribution in [0.4, 0.5) is 14.9 Å². The molecular formula is C19H22FN3O3. The van der Waals surface area contributed by atoms with Crippen LogP contribution in [-0.2, 0) is 6.42 Å². The molecule has 3 amide bonds. The molecule has 0 radical (unpaired) electrons. The highest BCUT2D eigenvalue weighted by molar-refractivity contribution is 5.96. The first-order valence-electron chi connectivity index (χ1n) is 8.26. The number of carbonyl (C=O) groups is 2. The molecular weight excluding hydrogens is 337 g/mol. The molecule has 0 aliphatic rings. The maximum atomic E-state index is 13.8. The molecule has 0 spiro atoms. The Morgan fingerprint density at radius 2 is 1.85 bits per heavy atom. The standard InChI is InChI=1S/C19H22FN3O3/c1-12(3-4-13-5-8-15(24)9-6-13)22-19(26)23-17-11-14(18(25)21-2)7-10-16(17)20/h5-12,24H,3-4H2,1-2H3,(H,21,25)(H2,22,23,26). The van der Waals surface area contributed by atoms with E-state index < -0.39 is 11.8 Å². The summed E-state index contributed by atoms with van der Waals surface area (Å²) in [4.78, 5) is 23.7. The highest BCUT2D eigenvalue weighted by Crippen LogP contribution is 2.16. The average molecular weight is 359 g/mol. The lowest BCUT2D eigenvalue weighted by molar-refractivity contribution is 0.0963. The minimum Gasteiger partial charge on any atom is -0.508 e. The molecule has 2 rings (SSSR count). The van der Waals surface area contributed by atoms with Gasteiger partial charge in [-0.15, -0.1) is 0 Å². The molecule has 138 valence electrons. The number of rotatable bonds is 6. The number of urea groups is 1. The van der Waals surface area contributed by atoms with Crippen LogP contribution >= 0.6 is 0 Å². The Balaban J connectivity index is 1.89. The molecule has 1 unspecified atom stereocenters. The van der Waals surface area contributed by atoms with Gasteiger partial charge >= 0.3 is 6.03 Å². The van der Waals surface area contributed by atoms with E-state index in [1.165, 1.54) is 19.2 Å². The van der Waals surface area contributed by atoms with Gasteiger partial charge in [0.1, 0.15) is 11.6 Å². The lowest BCUT2D eigenvalue weighted by Gasteiger charge is -2.15. The van der Waals surface area contributed by atoms with Crippen molar-refractivity contribution in [2.75, 3.05) is 12.4 Å². The van der Waals surface area contributed by atoms with Gasteiger partial charge < -0.3 is 21.1 Å². The van der Waals surface area contributed by atoms with Gasteiger partial charge in [-0.2, -0.15) is 0 Å². The van der Waals surface area contributed by atoms with E-state index in [0.29, 0.717) is 6.42 Å². The average Bonchev–Trinajstić information content (AvgIpc) is 2.62. The molecule has 2 aromatic carbocycles. The molecule has 0 saturated carbocycles. The highest BCUT2D eigenvalue weighted by Gasteiger charge is 2.13. The molecule has 0 heterocycles. The minimum absolute atomic E-state index is 0.0608. The summed E-state index contributed by atoms with van der Waals surface area (Å²) >= 11 is 0. The predicted octanol–water partition coefficient (Wildman–Crippen LogP) is 3.03. The van der Waals surface area contributed by atoms with E-state index in [4.69, 9.17) is 0 Å². The van der Waals surface area contributed by atoms with Crippen molar-refractivity contribution in [2.45, 2.75) is 25.8 Å². The molecule has 0 bridgehead atoms. The van der Waals surface area contributed by atoms with Gasteiger partial charge in [0.05, 0.1) is 5.69 Å². The number of carbonyl (C=O) groups excluding carboxylic acids is 2. The van der Waals surface area contributed by atoms with Crippen molar-refractivity contribution in [2.24, 2.45) is 0 Å². The first-order valence-corrected chi connectivity index (χ1v) is 8.26. The van der Waals surface area contributed by atoms with Crippen LogP contribution in [0, 0.1) is 5.82 Å². The number of hydrogen-bond acceptors (Lipinski definition) is 3. The van der Waals surface area contributed by atoms with E-state index in [1.54, 1.807) is 12.1 Å². The maximum Gasteiger partial charge on any atom is 0.319 e. The number of nitrogens with one attached hydrogen (secondary N) is 3. The zero-order valence-electron chi connectivity index (χ0n) is 14.7. The molecule has 0 aromatic heterocycles. The lowest BCUT2D eigenvalue weighted by atomic mass is 10.1. The Kier molecular flexibility index (Phi) is 6.54. The van der Waals surface area contributed by atoms with Crippen LogP contribution in [0.1, 0.15) is 29.3 Å². The van der Waals surface area contributed by atoms with E-state index >= 15 is 0 Å². The number of amides is 3. The third kappa shape index (κ3) is 5.47. The van der Waals surface area contributed by atoms with Crippen molar-refractivity contribution < 1.29 is 19.1 Å². The number of phenols is 1. The third-order valence-corrected chi connectivity index (χ3v) is 3.88. The number of benzene rings is 2. The molecule has 7 heteroatoms. The normalized spacial score (nSPS) is 11.5. The summed E-state index contributed by atoms with van der Waals surface area (Å²) in [5.41, 5.74) is 1.24. The number of hydrogen-bond donors (Lipinski definition) is 4. The van der Waals surface area contributed by atoms with Gasteiger partial charge in [0.2, 0.25) is 0 Å². The van der Waals surface area contributed by atoms with Crippen molar-refractivity contribution in [1.82, 2.24) is 10.6 Å². The number of aromatic hydroxyl groups is 1. The molecule has 26 heavy (non-hydrogen) atoms. The molecule has 0 fully saturated rings. The molecule has 2 aromatic rings. The fourth-order valence-corrected chi connectivity index (χ4v) is 2.41. The topological polar surface area (TPSA) is 90.5 Å². The summed E-state index contributed by atoms with van der Waals surface area (Å²) in [5.74, 6) is -0.777. The number of anilines is 1. The van der Waals surface area contributed by atoms with Crippen LogP contribution in [-0.4, -0.2) is 30.1 Å². The summed E-state index contributed by atoms with van der Waals surface area (Å²) < 4.78 is 13.8. The lowest BCUT2D eigenvalue weighted by Crippen LogP contribution is -2.36. The zero-order chi connectivity index (χ0) is 19.1. The van der Waals surface area contributed by atoms with E-state index in [9.17, 15) is 19.1 Å². The smallest absolute Gasteiger partial charge is 0.319 e. The summed E-state index contributed by atoms with van der Waals surface area (Å²) in [7, 11) is 1.47. The van der Waals surface area contributed by atoms with Crippen molar-refractivity contribution in [3.8, 4) is 5.75 Å². The summed E-state index contributed by atoms with van der Waals surface area (Å²) in [5, 5.41) is 16.9. The molecule has 4 N–H and O–H groups in total. The number of aryl methyl sites for hydroxylation is 1. The summed E-state index contributed by atoms with van der Waals surface area (Å²) in [6.07, 6.45) is 1.40. The first-order chi connectivity index (χ1) is 12.4. The van der Waals surface area contributed by atoms with Crippen LogP contribution in [0.3, 0.4) is 0 Å². The Morgan fingerprint density at radius 1 is 1.15 bits per heavy atom. The van der Waals surface area contributed by atoms with E-state index in [-0.39, 0.29) is 28.9 Å². The van der Waals surface area contributed by atoms with Crippen molar-refractivity contribution >= 4 is 17.6 Å².